The highest BCUT2D eigenvalue weighted by atomic mass is 16.5. The van der Waals surface area contributed by atoms with Crippen molar-refractivity contribution in [3.8, 4) is 6.01 Å². The molecule has 0 aromatic carbocycles. The van der Waals surface area contributed by atoms with Crippen molar-refractivity contribution in [1.29, 1.82) is 0 Å². The van der Waals surface area contributed by atoms with E-state index in [1.807, 2.05) is 0 Å². The van der Waals surface area contributed by atoms with E-state index < -0.39 is 0 Å². The largest absolute Gasteiger partial charge is 0.463 e. The zero-order valence-corrected chi connectivity index (χ0v) is 12.0. The maximum atomic E-state index is 5.84. The average Bonchev–Trinajstić information content (AvgIpc) is 2.83. The first-order chi connectivity index (χ1) is 9.78. The quantitative estimate of drug-likeness (QED) is 0.864. The van der Waals surface area contributed by atoms with Crippen LogP contribution in [-0.2, 0) is 4.74 Å². The van der Waals surface area contributed by atoms with Crippen molar-refractivity contribution in [3.63, 3.8) is 0 Å². The number of hydrogen-bond donors (Lipinski definition) is 1. The van der Waals surface area contributed by atoms with Crippen molar-refractivity contribution in [2.24, 2.45) is 0 Å². The lowest BCUT2D eigenvalue weighted by Crippen LogP contribution is -2.43. The summed E-state index contributed by atoms with van der Waals surface area (Å²) in [5.41, 5.74) is 0. The summed E-state index contributed by atoms with van der Waals surface area (Å²) in [5, 5.41) is 2.96. The van der Waals surface area contributed by atoms with E-state index in [0.29, 0.717) is 36.7 Å². The first kappa shape index (κ1) is 13.4. The molecule has 2 fully saturated rings. The highest BCUT2D eigenvalue weighted by Crippen LogP contribution is 2.28. The molecule has 2 unspecified atom stereocenters. The molecule has 1 aromatic heterocycles. The monoisotopic (exact) mass is 279 g/mol. The SMILES string of the molecule is CCCOc1nc(NC)nc(N2CC3CCC(C2)O3)n1. The molecule has 110 valence electrons. The molecule has 1 N–H and O–H groups in total. The highest BCUT2D eigenvalue weighted by Gasteiger charge is 2.35. The molecule has 0 saturated carbocycles. The van der Waals surface area contributed by atoms with Gasteiger partial charge in [-0.3, -0.25) is 0 Å². The van der Waals surface area contributed by atoms with E-state index >= 15 is 0 Å². The zero-order valence-electron chi connectivity index (χ0n) is 12.0. The molecule has 2 atom stereocenters. The molecule has 1 aromatic rings. The molecule has 2 saturated heterocycles. The summed E-state index contributed by atoms with van der Waals surface area (Å²) in [4.78, 5) is 15.3. The topological polar surface area (TPSA) is 72.4 Å². The molecule has 2 aliphatic heterocycles. The Balaban J connectivity index is 1.80. The predicted molar refractivity (Wildman–Crippen MR) is 75.3 cm³/mol. The Morgan fingerprint density at radius 2 is 2.00 bits per heavy atom. The van der Waals surface area contributed by atoms with Gasteiger partial charge in [-0.1, -0.05) is 6.92 Å². The lowest BCUT2D eigenvalue weighted by atomic mass is 10.2. The zero-order chi connectivity index (χ0) is 13.9. The fourth-order valence-electron chi connectivity index (χ4n) is 2.64. The Bertz CT molecular complexity index is 458. The molecule has 3 rings (SSSR count). The van der Waals surface area contributed by atoms with E-state index in [4.69, 9.17) is 9.47 Å². The maximum absolute atomic E-state index is 5.84. The smallest absolute Gasteiger partial charge is 0.323 e. The van der Waals surface area contributed by atoms with Crippen molar-refractivity contribution in [3.05, 3.63) is 0 Å². The predicted octanol–water partition coefficient (Wildman–Crippen LogP) is 1.07. The summed E-state index contributed by atoms with van der Waals surface area (Å²) in [6.07, 6.45) is 3.80. The minimum atomic E-state index is 0.309. The number of nitrogens with zero attached hydrogens (tertiary/aromatic N) is 4. The van der Waals surface area contributed by atoms with Gasteiger partial charge in [0.25, 0.3) is 0 Å². The summed E-state index contributed by atoms with van der Waals surface area (Å²) in [6.45, 7) is 4.36. The minimum absolute atomic E-state index is 0.309. The van der Waals surface area contributed by atoms with Crippen LogP contribution in [0.5, 0.6) is 6.01 Å². The number of rotatable bonds is 5. The first-order valence-electron chi connectivity index (χ1n) is 7.25. The van der Waals surface area contributed by atoms with Gasteiger partial charge in [-0.2, -0.15) is 15.0 Å². The number of hydrogen-bond acceptors (Lipinski definition) is 7. The van der Waals surface area contributed by atoms with E-state index in [0.717, 1.165) is 32.4 Å². The molecule has 0 spiro atoms. The molecule has 0 radical (unpaired) electrons. The van der Waals surface area contributed by atoms with Gasteiger partial charge in [0.2, 0.25) is 11.9 Å². The van der Waals surface area contributed by atoms with E-state index in [1.165, 1.54) is 0 Å². The van der Waals surface area contributed by atoms with E-state index in [2.05, 4.69) is 32.1 Å². The van der Waals surface area contributed by atoms with Crippen molar-refractivity contribution in [2.45, 2.75) is 38.4 Å². The summed E-state index contributed by atoms with van der Waals surface area (Å²) in [6, 6.07) is 0.389. The molecule has 2 bridgehead atoms. The average molecular weight is 279 g/mol. The summed E-state index contributed by atoms with van der Waals surface area (Å²) in [7, 11) is 1.80. The number of aromatic nitrogens is 3. The highest BCUT2D eigenvalue weighted by molar-refractivity contribution is 5.39. The van der Waals surface area contributed by atoms with Crippen molar-refractivity contribution in [2.75, 3.05) is 37.0 Å². The lowest BCUT2D eigenvalue weighted by molar-refractivity contribution is 0.0298. The number of morpholine rings is 1. The third kappa shape index (κ3) is 2.77. The summed E-state index contributed by atoms with van der Waals surface area (Å²) in [5.74, 6) is 1.22. The number of fused-ring (bicyclic) bond motifs is 2. The standard InChI is InChI=1S/C13H21N5O2/c1-3-6-19-13-16-11(14-2)15-12(17-13)18-7-9-4-5-10(8-18)20-9/h9-10H,3-8H2,1-2H3,(H,14,15,16,17). The van der Waals surface area contributed by atoms with Crippen LogP contribution < -0.4 is 15.0 Å². The lowest BCUT2D eigenvalue weighted by Gasteiger charge is -2.32. The second-order valence-corrected chi connectivity index (χ2v) is 5.20. The molecular weight excluding hydrogens is 258 g/mol. The van der Waals surface area contributed by atoms with Crippen molar-refractivity contribution < 1.29 is 9.47 Å². The van der Waals surface area contributed by atoms with Crippen LogP contribution in [0.2, 0.25) is 0 Å². The number of ether oxygens (including phenoxy) is 2. The molecule has 7 heteroatoms. The second kappa shape index (κ2) is 5.78. The Kier molecular flexibility index (Phi) is 3.86. The summed E-state index contributed by atoms with van der Waals surface area (Å²) < 4.78 is 11.4. The van der Waals surface area contributed by atoms with Gasteiger partial charge in [0.15, 0.2) is 0 Å². The van der Waals surface area contributed by atoms with Crippen molar-refractivity contribution in [1.82, 2.24) is 15.0 Å². The van der Waals surface area contributed by atoms with E-state index in [-0.39, 0.29) is 0 Å². The van der Waals surface area contributed by atoms with Crippen LogP contribution in [0, 0.1) is 0 Å². The van der Waals surface area contributed by atoms with E-state index in [1.54, 1.807) is 7.05 Å². The number of nitrogens with one attached hydrogen (secondary N) is 1. The Labute approximate surface area is 118 Å². The van der Waals surface area contributed by atoms with Gasteiger partial charge >= 0.3 is 6.01 Å². The third-order valence-electron chi connectivity index (χ3n) is 3.59. The Morgan fingerprint density at radius 3 is 2.65 bits per heavy atom. The van der Waals surface area contributed by atoms with Crippen LogP contribution in [-0.4, -0.2) is 53.9 Å². The van der Waals surface area contributed by atoms with Gasteiger partial charge in [-0.05, 0) is 19.3 Å². The number of anilines is 2. The second-order valence-electron chi connectivity index (χ2n) is 5.20. The van der Waals surface area contributed by atoms with Gasteiger partial charge in [-0.15, -0.1) is 0 Å². The molecule has 7 nitrogen and oxygen atoms in total. The third-order valence-corrected chi connectivity index (χ3v) is 3.59. The molecular formula is C13H21N5O2. The maximum Gasteiger partial charge on any atom is 0.323 e. The van der Waals surface area contributed by atoms with Crippen LogP contribution in [0.1, 0.15) is 26.2 Å². The molecule has 0 aliphatic carbocycles. The van der Waals surface area contributed by atoms with E-state index in [9.17, 15) is 0 Å². The normalized spacial score (nSPS) is 24.8. The first-order valence-corrected chi connectivity index (χ1v) is 7.25. The summed E-state index contributed by atoms with van der Waals surface area (Å²) >= 11 is 0. The fraction of sp³-hybridized carbons (Fsp3) is 0.769. The molecule has 20 heavy (non-hydrogen) atoms. The Hall–Kier alpha value is -1.63. The van der Waals surface area contributed by atoms with Gasteiger partial charge in [0.1, 0.15) is 0 Å². The van der Waals surface area contributed by atoms with Gasteiger partial charge in [0, 0.05) is 20.1 Å². The van der Waals surface area contributed by atoms with Crippen LogP contribution in [0.4, 0.5) is 11.9 Å². The van der Waals surface area contributed by atoms with Crippen LogP contribution >= 0.6 is 0 Å². The minimum Gasteiger partial charge on any atom is -0.463 e. The van der Waals surface area contributed by atoms with Crippen LogP contribution in [0.25, 0.3) is 0 Å². The molecule has 2 aliphatic rings. The Morgan fingerprint density at radius 1 is 1.25 bits per heavy atom. The van der Waals surface area contributed by atoms with Gasteiger partial charge < -0.3 is 19.7 Å². The van der Waals surface area contributed by atoms with Gasteiger partial charge in [0.05, 0.1) is 18.8 Å². The van der Waals surface area contributed by atoms with Crippen LogP contribution in [0.3, 0.4) is 0 Å². The molecule has 0 amide bonds. The van der Waals surface area contributed by atoms with Crippen LogP contribution in [0.15, 0.2) is 0 Å². The van der Waals surface area contributed by atoms with Gasteiger partial charge in [-0.25, -0.2) is 0 Å². The molecule has 3 heterocycles. The van der Waals surface area contributed by atoms with Crippen molar-refractivity contribution >= 4 is 11.9 Å². The fourth-order valence-corrected chi connectivity index (χ4v) is 2.64.